The number of benzene rings is 2. The maximum Gasteiger partial charge on any atom is 0.344 e. The monoisotopic (exact) mass is 450 g/mol. The number of fused-ring (bicyclic) bond motifs is 1. The second-order valence-electron chi connectivity index (χ2n) is 8.05. The summed E-state index contributed by atoms with van der Waals surface area (Å²) in [5, 5.41) is 0.745. The van der Waals surface area contributed by atoms with E-state index in [0.29, 0.717) is 24.4 Å². The van der Waals surface area contributed by atoms with Crippen LogP contribution in [0, 0.1) is 6.92 Å². The zero-order chi connectivity index (χ0) is 23.2. The molecule has 1 fully saturated rings. The third-order valence-corrected chi connectivity index (χ3v) is 5.52. The van der Waals surface area contributed by atoms with Gasteiger partial charge in [-0.25, -0.2) is 9.59 Å². The van der Waals surface area contributed by atoms with Crippen molar-refractivity contribution in [1.29, 1.82) is 0 Å². The van der Waals surface area contributed by atoms with Crippen molar-refractivity contribution in [2.75, 3.05) is 39.4 Å². The van der Waals surface area contributed by atoms with Crippen molar-refractivity contribution in [3.05, 3.63) is 76.1 Å². The molecule has 1 aromatic heterocycles. The fourth-order valence-electron chi connectivity index (χ4n) is 3.77. The molecule has 0 bridgehead atoms. The molecule has 2 aromatic carbocycles. The van der Waals surface area contributed by atoms with Gasteiger partial charge in [-0.3, -0.25) is 9.69 Å². The van der Waals surface area contributed by atoms with Gasteiger partial charge in [-0.2, -0.15) is 0 Å². The predicted octanol–water partition coefficient (Wildman–Crippen LogP) is 2.37. The van der Waals surface area contributed by atoms with Gasteiger partial charge in [-0.05, 0) is 30.7 Å². The number of carbonyl (C=O) groups excluding carboxylic acids is 2. The van der Waals surface area contributed by atoms with Crippen LogP contribution in [-0.2, 0) is 20.9 Å². The van der Waals surface area contributed by atoms with E-state index in [4.69, 9.17) is 13.9 Å². The van der Waals surface area contributed by atoms with Crippen LogP contribution in [0.15, 0.2) is 63.8 Å². The van der Waals surface area contributed by atoms with Crippen LogP contribution >= 0.6 is 0 Å². The van der Waals surface area contributed by atoms with Crippen molar-refractivity contribution >= 4 is 22.8 Å². The SMILES string of the molecule is Cc1cccc(CN2CCN(C(=O)COC(=O)COc3ccc4ccc(=O)oc4c3)CC2)c1. The van der Waals surface area contributed by atoms with Gasteiger partial charge >= 0.3 is 11.6 Å². The summed E-state index contributed by atoms with van der Waals surface area (Å²) < 4.78 is 15.6. The molecule has 1 aliphatic rings. The highest BCUT2D eigenvalue weighted by atomic mass is 16.6. The molecule has 0 radical (unpaired) electrons. The number of hydrogen-bond donors (Lipinski definition) is 0. The van der Waals surface area contributed by atoms with Gasteiger partial charge in [0.05, 0.1) is 0 Å². The Bertz CT molecular complexity index is 1200. The van der Waals surface area contributed by atoms with E-state index in [-0.39, 0.29) is 19.1 Å². The zero-order valence-corrected chi connectivity index (χ0v) is 18.5. The average Bonchev–Trinajstić information content (AvgIpc) is 2.81. The molecule has 2 heterocycles. The third kappa shape index (κ3) is 6.20. The summed E-state index contributed by atoms with van der Waals surface area (Å²) in [6, 6.07) is 16.3. The molecular formula is C25H26N2O6. The highest BCUT2D eigenvalue weighted by molar-refractivity contribution is 5.81. The molecule has 0 unspecified atom stereocenters. The van der Waals surface area contributed by atoms with Crippen LogP contribution in [0.1, 0.15) is 11.1 Å². The highest BCUT2D eigenvalue weighted by Crippen LogP contribution is 2.19. The van der Waals surface area contributed by atoms with Crippen LogP contribution in [0.3, 0.4) is 0 Å². The topological polar surface area (TPSA) is 89.3 Å². The molecule has 0 spiro atoms. The van der Waals surface area contributed by atoms with Crippen LogP contribution in [-0.4, -0.2) is 61.1 Å². The van der Waals surface area contributed by atoms with Crippen molar-refractivity contribution in [3.63, 3.8) is 0 Å². The van der Waals surface area contributed by atoms with E-state index in [1.165, 1.54) is 23.3 Å². The molecule has 172 valence electrons. The Morgan fingerprint density at radius 1 is 0.970 bits per heavy atom. The minimum atomic E-state index is -0.643. The molecule has 0 aliphatic carbocycles. The van der Waals surface area contributed by atoms with Gasteiger partial charge < -0.3 is 18.8 Å². The molecule has 3 aromatic rings. The van der Waals surface area contributed by atoms with Gasteiger partial charge in [0.2, 0.25) is 0 Å². The van der Waals surface area contributed by atoms with E-state index in [0.717, 1.165) is 25.0 Å². The summed E-state index contributed by atoms with van der Waals surface area (Å²) in [7, 11) is 0. The van der Waals surface area contributed by atoms with Crippen LogP contribution in [0.25, 0.3) is 11.0 Å². The van der Waals surface area contributed by atoms with Crippen LogP contribution < -0.4 is 10.4 Å². The largest absolute Gasteiger partial charge is 0.482 e. The van der Waals surface area contributed by atoms with E-state index in [1.807, 2.05) is 0 Å². The number of esters is 1. The van der Waals surface area contributed by atoms with Gasteiger partial charge in [-0.15, -0.1) is 0 Å². The lowest BCUT2D eigenvalue weighted by Gasteiger charge is -2.34. The number of piperazine rings is 1. The zero-order valence-electron chi connectivity index (χ0n) is 18.5. The fraction of sp³-hybridized carbons (Fsp3) is 0.320. The molecule has 33 heavy (non-hydrogen) atoms. The highest BCUT2D eigenvalue weighted by Gasteiger charge is 2.22. The number of ether oxygens (including phenoxy) is 2. The Labute approximate surface area is 191 Å². The number of carbonyl (C=O) groups is 2. The first kappa shape index (κ1) is 22.5. The van der Waals surface area contributed by atoms with Crippen molar-refractivity contribution in [1.82, 2.24) is 9.80 Å². The fourth-order valence-corrected chi connectivity index (χ4v) is 3.77. The first-order valence-corrected chi connectivity index (χ1v) is 10.8. The molecule has 4 rings (SSSR count). The second-order valence-corrected chi connectivity index (χ2v) is 8.05. The van der Waals surface area contributed by atoms with E-state index in [9.17, 15) is 14.4 Å². The van der Waals surface area contributed by atoms with Crippen molar-refractivity contribution in [2.24, 2.45) is 0 Å². The number of aryl methyl sites for hydroxylation is 1. The Morgan fingerprint density at radius 2 is 1.76 bits per heavy atom. The number of nitrogens with zero attached hydrogens (tertiary/aromatic N) is 2. The number of hydrogen-bond acceptors (Lipinski definition) is 7. The molecular weight excluding hydrogens is 424 g/mol. The summed E-state index contributed by atoms with van der Waals surface area (Å²) in [4.78, 5) is 39.8. The van der Waals surface area contributed by atoms with Crippen molar-refractivity contribution in [2.45, 2.75) is 13.5 Å². The van der Waals surface area contributed by atoms with E-state index in [2.05, 4.69) is 36.1 Å². The maximum absolute atomic E-state index is 12.4. The molecule has 1 aliphatic heterocycles. The number of amides is 1. The average molecular weight is 450 g/mol. The predicted molar refractivity (Wildman–Crippen MR) is 122 cm³/mol. The molecule has 1 saturated heterocycles. The summed E-state index contributed by atoms with van der Waals surface area (Å²) in [6.07, 6.45) is 0. The van der Waals surface area contributed by atoms with Crippen molar-refractivity contribution < 1.29 is 23.5 Å². The van der Waals surface area contributed by atoms with Gasteiger partial charge in [0.15, 0.2) is 13.2 Å². The lowest BCUT2D eigenvalue weighted by molar-refractivity contribution is -0.154. The Kier molecular flexibility index (Phi) is 7.04. The van der Waals surface area contributed by atoms with Crippen molar-refractivity contribution in [3.8, 4) is 5.75 Å². The smallest absolute Gasteiger partial charge is 0.344 e. The Hall–Kier alpha value is -3.65. The van der Waals surface area contributed by atoms with E-state index >= 15 is 0 Å². The minimum Gasteiger partial charge on any atom is -0.482 e. The summed E-state index contributed by atoms with van der Waals surface area (Å²) in [5.41, 5.74) is 2.40. The normalized spacial score (nSPS) is 14.3. The van der Waals surface area contributed by atoms with E-state index in [1.54, 1.807) is 23.1 Å². The van der Waals surface area contributed by atoms with Crippen LogP contribution in [0.2, 0.25) is 0 Å². The van der Waals surface area contributed by atoms with Gasteiger partial charge in [0.1, 0.15) is 11.3 Å². The lowest BCUT2D eigenvalue weighted by Crippen LogP contribution is -2.49. The Morgan fingerprint density at radius 3 is 2.55 bits per heavy atom. The van der Waals surface area contributed by atoms with Gasteiger partial charge in [0, 0.05) is 50.2 Å². The lowest BCUT2D eigenvalue weighted by atomic mass is 10.1. The van der Waals surface area contributed by atoms with Crippen LogP contribution in [0.4, 0.5) is 0 Å². The van der Waals surface area contributed by atoms with Crippen LogP contribution in [0.5, 0.6) is 5.75 Å². The summed E-state index contributed by atoms with van der Waals surface area (Å²) in [5.74, 6) is -0.494. The molecule has 0 saturated carbocycles. The van der Waals surface area contributed by atoms with Gasteiger partial charge in [0.25, 0.3) is 5.91 Å². The first-order valence-electron chi connectivity index (χ1n) is 10.8. The standard InChI is InChI=1S/C25H26N2O6/c1-18-3-2-4-19(13-18)15-26-9-11-27(12-10-26)23(28)16-32-25(30)17-31-21-7-5-20-6-8-24(29)33-22(20)14-21/h2-8,13-14H,9-12,15-17H2,1H3. The van der Waals surface area contributed by atoms with E-state index < -0.39 is 11.6 Å². The molecule has 8 nitrogen and oxygen atoms in total. The Balaban J connectivity index is 1.18. The molecule has 0 atom stereocenters. The minimum absolute atomic E-state index is 0.217. The molecule has 0 N–H and O–H groups in total. The molecule has 8 heteroatoms. The molecule has 1 amide bonds. The quantitative estimate of drug-likeness (QED) is 0.403. The number of rotatable bonds is 7. The summed E-state index contributed by atoms with van der Waals surface area (Å²) >= 11 is 0. The third-order valence-electron chi connectivity index (χ3n) is 5.52. The maximum atomic E-state index is 12.4. The second kappa shape index (κ2) is 10.3. The van der Waals surface area contributed by atoms with Gasteiger partial charge in [-0.1, -0.05) is 29.8 Å². The first-order chi connectivity index (χ1) is 16.0. The summed E-state index contributed by atoms with van der Waals surface area (Å²) in [6.45, 7) is 5.01.